The Morgan fingerprint density at radius 2 is 2.15 bits per heavy atom. The first-order valence-corrected chi connectivity index (χ1v) is 7.36. The summed E-state index contributed by atoms with van der Waals surface area (Å²) in [6.45, 7) is 4.72. The fourth-order valence-corrected chi connectivity index (χ4v) is 3.37. The lowest BCUT2D eigenvalue weighted by molar-refractivity contribution is 0.0186. The van der Waals surface area contributed by atoms with Gasteiger partial charge >= 0.3 is 0 Å². The number of benzene rings is 1. The van der Waals surface area contributed by atoms with Gasteiger partial charge in [0, 0.05) is 30.2 Å². The van der Waals surface area contributed by atoms with Crippen LogP contribution in [-0.4, -0.2) is 49.1 Å². The third-order valence-corrected chi connectivity index (χ3v) is 4.81. The second kappa shape index (κ2) is 6.20. The van der Waals surface area contributed by atoms with E-state index in [2.05, 4.69) is 30.8 Å². The first kappa shape index (κ1) is 15.4. The molecular formula is C16H26FN3. The molecule has 1 aliphatic rings. The maximum absolute atomic E-state index is 14.0. The quantitative estimate of drug-likeness (QED) is 0.917. The van der Waals surface area contributed by atoms with Crippen LogP contribution in [0.2, 0.25) is 0 Å². The average Bonchev–Trinajstić information content (AvgIpc) is 2.46. The van der Waals surface area contributed by atoms with E-state index < -0.39 is 0 Å². The number of nitrogens with zero attached hydrogens (tertiary/aromatic N) is 2. The van der Waals surface area contributed by atoms with Gasteiger partial charge < -0.3 is 10.6 Å². The Kier molecular flexibility index (Phi) is 4.78. The van der Waals surface area contributed by atoms with Crippen LogP contribution in [0.4, 0.5) is 4.39 Å². The van der Waals surface area contributed by atoms with Crippen molar-refractivity contribution < 1.29 is 4.39 Å². The van der Waals surface area contributed by atoms with Gasteiger partial charge in [0.1, 0.15) is 5.82 Å². The molecule has 3 nitrogen and oxygen atoms in total. The largest absolute Gasteiger partial charge is 0.329 e. The van der Waals surface area contributed by atoms with E-state index in [9.17, 15) is 4.39 Å². The Bertz CT molecular complexity index is 451. The molecule has 0 bridgehead atoms. The normalized spacial score (nSPS) is 25.9. The summed E-state index contributed by atoms with van der Waals surface area (Å²) in [4.78, 5) is 4.59. The molecule has 0 saturated carbocycles. The Morgan fingerprint density at radius 3 is 2.75 bits per heavy atom. The minimum Gasteiger partial charge on any atom is -0.329 e. The summed E-state index contributed by atoms with van der Waals surface area (Å²) < 4.78 is 14.0. The van der Waals surface area contributed by atoms with Crippen molar-refractivity contribution in [3.8, 4) is 0 Å². The third-order valence-electron chi connectivity index (χ3n) is 4.81. The second-order valence-electron chi connectivity index (χ2n) is 6.08. The number of hydrogen-bond donors (Lipinski definition) is 1. The maximum Gasteiger partial charge on any atom is 0.127 e. The van der Waals surface area contributed by atoms with Crippen molar-refractivity contribution in [2.45, 2.75) is 31.3 Å². The number of hydrogen-bond acceptors (Lipinski definition) is 3. The highest BCUT2D eigenvalue weighted by Gasteiger charge is 2.39. The number of likely N-dealkylation sites (N-methyl/N-ethyl adjacent to an activating group) is 2. The van der Waals surface area contributed by atoms with Gasteiger partial charge in [-0.3, -0.25) is 4.90 Å². The minimum absolute atomic E-state index is 0.0197. The first-order chi connectivity index (χ1) is 9.50. The zero-order valence-corrected chi connectivity index (χ0v) is 12.8. The van der Waals surface area contributed by atoms with Crippen LogP contribution in [0.3, 0.4) is 0 Å². The standard InChI is InChI=1S/C16H26FN3/c1-13(14-7-4-5-8-15(14)17)20(3)16(11-18)9-6-10-19(2)12-16/h4-5,7-8,13H,6,9-12,18H2,1-3H3. The van der Waals surface area contributed by atoms with Crippen molar-refractivity contribution in [1.29, 1.82) is 0 Å². The summed E-state index contributed by atoms with van der Waals surface area (Å²) in [5.74, 6) is -0.136. The molecule has 1 heterocycles. The van der Waals surface area contributed by atoms with Crippen LogP contribution in [-0.2, 0) is 0 Å². The fraction of sp³-hybridized carbons (Fsp3) is 0.625. The van der Waals surface area contributed by atoms with E-state index >= 15 is 0 Å². The maximum atomic E-state index is 14.0. The molecule has 1 aliphatic heterocycles. The molecule has 0 amide bonds. The van der Waals surface area contributed by atoms with E-state index in [0.717, 1.165) is 31.5 Å². The van der Waals surface area contributed by atoms with Gasteiger partial charge in [-0.1, -0.05) is 18.2 Å². The van der Waals surface area contributed by atoms with Crippen molar-refractivity contribution in [2.75, 3.05) is 33.7 Å². The van der Waals surface area contributed by atoms with Gasteiger partial charge in [0.2, 0.25) is 0 Å². The third kappa shape index (κ3) is 2.87. The van der Waals surface area contributed by atoms with Gasteiger partial charge in [0.15, 0.2) is 0 Å². The zero-order valence-electron chi connectivity index (χ0n) is 12.8. The molecule has 0 radical (unpaired) electrons. The van der Waals surface area contributed by atoms with E-state index in [1.165, 1.54) is 6.07 Å². The lowest BCUT2D eigenvalue weighted by atomic mass is 9.85. The van der Waals surface area contributed by atoms with Gasteiger partial charge in [-0.2, -0.15) is 0 Å². The van der Waals surface area contributed by atoms with E-state index in [4.69, 9.17) is 5.73 Å². The van der Waals surface area contributed by atoms with Crippen LogP contribution in [0.1, 0.15) is 31.4 Å². The van der Waals surface area contributed by atoms with Crippen molar-refractivity contribution in [3.05, 3.63) is 35.6 Å². The molecule has 1 fully saturated rings. The molecule has 1 aromatic carbocycles. The minimum atomic E-state index is -0.136. The fourth-order valence-electron chi connectivity index (χ4n) is 3.37. The molecule has 4 heteroatoms. The Hall–Kier alpha value is -0.970. The highest BCUT2D eigenvalue weighted by Crippen LogP contribution is 2.33. The van der Waals surface area contributed by atoms with Gasteiger partial charge in [0.25, 0.3) is 0 Å². The molecule has 2 rings (SSSR count). The van der Waals surface area contributed by atoms with Crippen molar-refractivity contribution >= 4 is 0 Å². The molecule has 2 N–H and O–H groups in total. The van der Waals surface area contributed by atoms with Crippen molar-refractivity contribution in [2.24, 2.45) is 5.73 Å². The van der Waals surface area contributed by atoms with E-state index in [0.29, 0.717) is 6.54 Å². The van der Waals surface area contributed by atoms with Crippen LogP contribution in [0.25, 0.3) is 0 Å². The van der Waals surface area contributed by atoms with Gasteiger partial charge in [-0.25, -0.2) is 4.39 Å². The lowest BCUT2D eigenvalue weighted by Gasteiger charge is -2.49. The van der Waals surface area contributed by atoms with Gasteiger partial charge in [0.05, 0.1) is 0 Å². The molecule has 2 unspecified atom stereocenters. The summed E-state index contributed by atoms with van der Waals surface area (Å²) in [6.07, 6.45) is 2.21. The molecular weight excluding hydrogens is 253 g/mol. The number of halogens is 1. The molecule has 0 aromatic heterocycles. The topological polar surface area (TPSA) is 32.5 Å². The monoisotopic (exact) mass is 279 g/mol. The van der Waals surface area contributed by atoms with Gasteiger partial charge in [-0.15, -0.1) is 0 Å². The number of nitrogens with two attached hydrogens (primary N) is 1. The Labute approximate surface area is 121 Å². The van der Waals surface area contributed by atoms with E-state index in [1.807, 2.05) is 12.1 Å². The summed E-state index contributed by atoms with van der Waals surface area (Å²) in [5, 5.41) is 0. The summed E-state index contributed by atoms with van der Waals surface area (Å²) in [5.41, 5.74) is 6.78. The SMILES string of the molecule is CC(c1ccccc1F)N(C)C1(CN)CCCN(C)C1. The molecule has 2 atom stereocenters. The predicted octanol–water partition coefficient (Wildman–Crippen LogP) is 2.24. The molecule has 20 heavy (non-hydrogen) atoms. The zero-order chi connectivity index (χ0) is 14.8. The molecule has 0 aliphatic carbocycles. The number of rotatable bonds is 4. The summed E-state index contributed by atoms with van der Waals surface area (Å²) in [6, 6.07) is 7.05. The Morgan fingerprint density at radius 1 is 1.45 bits per heavy atom. The summed E-state index contributed by atoms with van der Waals surface area (Å²) in [7, 11) is 4.20. The van der Waals surface area contributed by atoms with Crippen LogP contribution in [0.5, 0.6) is 0 Å². The van der Waals surface area contributed by atoms with Crippen LogP contribution in [0, 0.1) is 5.82 Å². The molecule has 1 aromatic rings. The highest BCUT2D eigenvalue weighted by atomic mass is 19.1. The lowest BCUT2D eigenvalue weighted by Crippen LogP contribution is -2.61. The second-order valence-corrected chi connectivity index (χ2v) is 6.08. The highest BCUT2D eigenvalue weighted by molar-refractivity contribution is 5.21. The van der Waals surface area contributed by atoms with E-state index in [1.54, 1.807) is 6.07 Å². The molecule has 0 spiro atoms. The number of piperidine rings is 1. The van der Waals surface area contributed by atoms with Crippen molar-refractivity contribution in [1.82, 2.24) is 9.80 Å². The number of likely N-dealkylation sites (tertiary alicyclic amines) is 1. The molecule has 1 saturated heterocycles. The smallest absolute Gasteiger partial charge is 0.127 e. The summed E-state index contributed by atoms with van der Waals surface area (Å²) >= 11 is 0. The first-order valence-electron chi connectivity index (χ1n) is 7.36. The van der Waals surface area contributed by atoms with Crippen LogP contribution >= 0.6 is 0 Å². The Balaban J connectivity index is 2.24. The predicted molar refractivity (Wildman–Crippen MR) is 81.1 cm³/mol. The van der Waals surface area contributed by atoms with Crippen LogP contribution in [0.15, 0.2) is 24.3 Å². The van der Waals surface area contributed by atoms with Crippen LogP contribution < -0.4 is 5.73 Å². The van der Waals surface area contributed by atoms with Crippen molar-refractivity contribution in [3.63, 3.8) is 0 Å². The molecule has 112 valence electrons. The van der Waals surface area contributed by atoms with Gasteiger partial charge in [-0.05, 0) is 46.5 Å². The average molecular weight is 279 g/mol. The van der Waals surface area contributed by atoms with E-state index in [-0.39, 0.29) is 17.4 Å².